The molecule has 1 unspecified atom stereocenters. The molecule has 1 atom stereocenters. The Balaban J connectivity index is 1.79. The molecule has 1 saturated heterocycles. The van der Waals surface area contributed by atoms with E-state index in [9.17, 15) is 39.6 Å². The highest BCUT2D eigenvalue weighted by Crippen LogP contribution is 2.42. The maximum Gasteiger partial charge on any atom is 0.416 e. The first-order valence-corrected chi connectivity index (χ1v) is 15.9. The Kier molecular flexibility index (Phi) is 9.28. The highest BCUT2D eigenvalue weighted by atomic mass is 35.5. The molecule has 45 heavy (non-hydrogen) atoms. The number of benzene rings is 2. The number of pyridine rings is 1. The van der Waals surface area contributed by atoms with Crippen LogP contribution in [0.3, 0.4) is 0 Å². The average Bonchev–Trinajstić information content (AvgIpc) is 2.94. The summed E-state index contributed by atoms with van der Waals surface area (Å²) in [7, 11) is -2.05. The van der Waals surface area contributed by atoms with Crippen LogP contribution in [0.5, 0.6) is 0 Å². The molecule has 0 spiro atoms. The van der Waals surface area contributed by atoms with Gasteiger partial charge in [-0.2, -0.15) is 30.6 Å². The van der Waals surface area contributed by atoms with E-state index in [1.54, 1.807) is 30.3 Å². The third kappa shape index (κ3) is 7.23. The highest BCUT2D eigenvalue weighted by molar-refractivity contribution is 7.88. The van der Waals surface area contributed by atoms with Crippen molar-refractivity contribution >= 4 is 39.0 Å². The van der Waals surface area contributed by atoms with Crippen molar-refractivity contribution in [1.82, 2.24) is 9.29 Å². The van der Waals surface area contributed by atoms with Gasteiger partial charge in [-0.05, 0) is 56.7 Å². The fraction of sp³-hybridized carbons (Fsp3) is 0.400. The smallest absolute Gasteiger partial charge is 0.351 e. The summed E-state index contributed by atoms with van der Waals surface area (Å²) in [5.74, 6) is -0.338. The lowest BCUT2D eigenvalue weighted by atomic mass is 9.81. The number of nitrogens with zero attached hydrogens (tertiary/aromatic N) is 4. The van der Waals surface area contributed by atoms with Crippen molar-refractivity contribution in [3.63, 3.8) is 0 Å². The lowest BCUT2D eigenvalue weighted by Gasteiger charge is -2.39. The van der Waals surface area contributed by atoms with Gasteiger partial charge in [0.05, 0.1) is 34.7 Å². The van der Waals surface area contributed by atoms with Gasteiger partial charge in [0.15, 0.2) is 0 Å². The summed E-state index contributed by atoms with van der Waals surface area (Å²) in [6.45, 7) is 5.10. The van der Waals surface area contributed by atoms with Gasteiger partial charge in [0.1, 0.15) is 5.82 Å². The van der Waals surface area contributed by atoms with Crippen molar-refractivity contribution in [2.75, 3.05) is 42.7 Å². The van der Waals surface area contributed by atoms with Crippen LogP contribution in [-0.4, -0.2) is 62.6 Å². The van der Waals surface area contributed by atoms with Gasteiger partial charge in [0.2, 0.25) is 15.9 Å². The first-order chi connectivity index (χ1) is 20.6. The van der Waals surface area contributed by atoms with Crippen LogP contribution in [0.15, 0.2) is 54.7 Å². The summed E-state index contributed by atoms with van der Waals surface area (Å²) in [6, 6.07) is 9.25. The molecule has 7 nitrogen and oxygen atoms in total. The number of piperazine rings is 1. The van der Waals surface area contributed by atoms with Gasteiger partial charge >= 0.3 is 12.4 Å². The Bertz CT molecular complexity index is 1680. The number of halogens is 7. The van der Waals surface area contributed by atoms with Crippen molar-refractivity contribution < 1.29 is 39.6 Å². The fourth-order valence-electron chi connectivity index (χ4n) is 5.29. The fourth-order valence-corrected chi connectivity index (χ4v) is 6.43. The number of hydrogen-bond acceptors (Lipinski definition) is 5. The van der Waals surface area contributed by atoms with Crippen LogP contribution in [0.4, 0.5) is 37.8 Å². The molecule has 1 amide bonds. The van der Waals surface area contributed by atoms with Gasteiger partial charge in [-0.1, -0.05) is 29.8 Å². The lowest BCUT2D eigenvalue weighted by molar-refractivity contribution is -0.143. The van der Waals surface area contributed by atoms with Crippen LogP contribution in [0.2, 0.25) is 5.02 Å². The molecule has 2 aromatic carbocycles. The summed E-state index contributed by atoms with van der Waals surface area (Å²) in [4.78, 5) is 21.5. The van der Waals surface area contributed by atoms with Gasteiger partial charge in [-0.15, -0.1) is 0 Å². The standard InChI is InChI=1S/C30H31ClF6N4O3S/c1-18-17-40(45(5,43)44)10-11-41(18)26-15-23(22-8-6-7-9-24(22)31)25(16-38-26)39(4)27(42)28(2,3)19-12-20(29(32,33)34)14-21(13-19)30(35,36)37/h6-9,12-16,18H,10-11,17H2,1-5H3. The SMILES string of the molecule is CC1CN(S(C)(=O)=O)CCN1c1cc(-c2ccccc2Cl)c(N(C)C(=O)C(C)(C)c2cc(C(F)(F)F)cc(C(F)(F)F)c2)cn1. The molecule has 0 N–H and O–H groups in total. The molecular weight excluding hydrogens is 646 g/mol. The van der Waals surface area contributed by atoms with E-state index >= 15 is 0 Å². The number of alkyl halides is 6. The third-order valence-electron chi connectivity index (χ3n) is 7.90. The Labute approximate surface area is 262 Å². The number of amides is 1. The normalized spacial score (nSPS) is 17.0. The minimum Gasteiger partial charge on any atom is -0.351 e. The molecule has 0 aliphatic carbocycles. The second-order valence-corrected chi connectivity index (χ2v) is 13.9. The second-order valence-electron chi connectivity index (χ2n) is 11.5. The van der Waals surface area contributed by atoms with E-state index in [2.05, 4.69) is 4.98 Å². The van der Waals surface area contributed by atoms with Gasteiger partial charge < -0.3 is 9.80 Å². The van der Waals surface area contributed by atoms with E-state index in [1.807, 2.05) is 11.8 Å². The Morgan fingerprint density at radius 1 is 0.933 bits per heavy atom. The Hall–Kier alpha value is -3.36. The molecule has 3 aromatic rings. The van der Waals surface area contributed by atoms with Crippen LogP contribution in [-0.2, 0) is 32.6 Å². The monoisotopic (exact) mass is 676 g/mol. The molecule has 0 bridgehead atoms. The largest absolute Gasteiger partial charge is 0.416 e. The highest BCUT2D eigenvalue weighted by Gasteiger charge is 2.41. The zero-order valence-corrected chi connectivity index (χ0v) is 26.5. The predicted molar refractivity (Wildman–Crippen MR) is 161 cm³/mol. The Morgan fingerprint density at radius 3 is 2.00 bits per heavy atom. The molecule has 0 saturated carbocycles. The Morgan fingerprint density at radius 2 is 1.49 bits per heavy atom. The van der Waals surface area contributed by atoms with E-state index in [0.717, 1.165) is 11.2 Å². The van der Waals surface area contributed by atoms with Gasteiger partial charge in [0, 0.05) is 48.9 Å². The molecule has 244 valence electrons. The van der Waals surface area contributed by atoms with Gasteiger partial charge in [0.25, 0.3) is 0 Å². The summed E-state index contributed by atoms with van der Waals surface area (Å²) in [6.07, 6.45) is -7.65. The first-order valence-electron chi connectivity index (χ1n) is 13.7. The summed E-state index contributed by atoms with van der Waals surface area (Å²) in [5.41, 5.74) is -4.24. The summed E-state index contributed by atoms with van der Waals surface area (Å²) >= 11 is 6.53. The molecular formula is C30H31ClF6N4O3S. The van der Waals surface area contributed by atoms with Crippen molar-refractivity contribution in [3.05, 3.63) is 76.4 Å². The molecule has 4 rings (SSSR count). The van der Waals surface area contributed by atoms with Crippen molar-refractivity contribution in [3.8, 4) is 11.1 Å². The number of likely N-dealkylation sites (N-methyl/N-ethyl adjacent to an activating group) is 1. The average molecular weight is 677 g/mol. The van der Waals surface area contributed by atoms with E-state index in [0.29, 0.717) is 40.6 Å². The molecule has 1 aliphatic heterocycles. The second kappa shape index (κ2) is 12.1. The van der Waals surface area contributed by atoms with Crippen LogP contribution < -0.4 is 9.80 Å². The molecule has 15 heteroatoms. The summed E-state index contributed by atoms with van der Waals surface area (Å²) in [5, 5.41) is 0.318. The van der Waals surface area contributed by atoms with Crippen molar-refractivity contribution in [2.45, 2.75) is 44.6 Å². The maximum atomic E-state index is 14.0. The lowest BCUT2D eigenvalue weighted by Crippen LogP contribution is -2.53. The minimum atomic E-state index is -5.08. The van der Waals surface area contributed by atoms with Gasteiger partial charge in [-0.25, -0.2) is 13.4 Å². The van der Waals surface area contributed by atoms with E-state index in [-0.39, 0.29) is 30.9 Å². The molecule has 0 radical (unpaired) electrons. The molecule has 2 heterocycles. The van der Waals surface area contributed by atoms with Crippen LogP contribution in [0.1, 0.15) is 37.5 Å². The molecule has 1 aromatic heterocycles. The zero-order valence-electron chi connectivity index (χ0n) is 25.0. The van der Waals surface area contributed by atoms with Crippen molar-refractivity contribution in [2.24, 2.45) is 0 Å². The number of carbonyl (C=O) groups excluding carboxylic acids is 1. The quantitative estimate of drug-likeness (QED) is 0.267. The topological polar surface area (TPSA) is 73.8 Å². The third-order valence-corrected chi connectivity index (χ3v) is 9.50. The van der Waals surface area contributed by atoms with E-state index < -0.39 is 50.4 Å². The number of carbonyl (C=O) groups is 1. The maximum absolute atomic E-state index is 14.0. The van der Waals surface area contributed by atoms with E-state index in [1.165, 1.54) is 31.4 Å². The number of aromatic nitrogens is 1. The van der Waals surface area contributed by atoms with Crippen LogP contribution in [0.25, 0.3) is 11.1 Å². The molecule has 1 fully saturated rings. The summed E-state index contributed by atoms with van der Waals surface area (Å²) < 4.78 is 107. The zero-order chi connectivity index (χ0) is 33.7. The number of rotatable bonds is 6. The number of hydrogen-bond donors (Lipinski definition) is 0. The van der Waals surface area contributed by atoms with Crippen LogP contribution >= 0.6 is 11.6 Å². The first kappa shape index (κ1) is 34.5. The minimum absolute atomic E-state index is 0.0165. The van der Waals surface area contributed by atoms with Crippen LogP contribution in [0, 0.1) is 0 Å². The van der Waals surface area contributed by atoms with Gasteiger partial charge in [-0.3, -0.25) is 4.79 Å². The predicted octanol–water partition coefficient (Wildman–Crippen LogP) is 6.85. The van der Waals surface area contributed by atoms with E-state index in [4.69, 9.17) is 11.6 Å². The number of anilines is 2. The van der Waals surface area contributed by atoms with Crippen molar-refractivity contribution in [1.29, 1.82) is 0 Å². The number of sulfonamides is 1. The molecule has 1 aliphatic rings.